The van der Waals surface area contributed by atoms with Crippen LogP contribution in [0.15, 0.2) is 27.7 Å². The van der Waals surface area contributed by atoms with E-state index in [0.717, 1.165) is 16.6 Å². The molecule has 0 aliphatic carbocycles. The quantitative estimate of drug-likeness (QED) is 0.667. The second kappa shape index (κ2) is 5.97. The van der Waals surface area contributed by atoms with Crippen LogP contribution in [0.25, 0.3) is 0 Å². The van der Waals surface area contributed by atoms with Crippen LogP contribution in [0.3, 0.4) is 0 Å². The maximum absolute atomic E-state index is 10.9. The average Bonchev–Trinajstić information content (AvgIpc) is 2.69. The normalized spacial score (nSPS) is 10.4. The molecule has 0 spiro atoms. The van der Waals surface area contributed by atoms with Crippen LogP contribution in [0.4, 0.5) is 5.69 Å². The Kier molecular flexibility index (Phi) is 4.30. The predicted molar refractivity (Wildman–Crippen MR) is 74.8 cm³/mol. The number of aromatic nitrogens is 2. The Hall–Kier alpha value is -2.00. The summed E-state index contributed by atoms with van der Waals surface area (Å²) in [6.45, 7) is 1.77. The molecule has 104 valence electrons. The van der Waals surface area contributed by atoms with E-state index >= 15 is 0 Å². The number of primary amides is 1. The highest BCUT2D eigenvalue weighted by molar-refractivity contribution is 8.01. The van der Waals surface area contributed by atoms with Gasteiger partial charge in [-0.15, -0.1) is 11.3 Å². The molecule has 2 rings (SSSR count). The van der Waals surface area contributed by atoms with E-state index in [1.807, 2.05) is 0 Å². The number of nitrogens with zero attached hydrogens (tertiary/aromatic N) is 3. The summed E-state index contributed by atoms with van der Waals surface area (Å²) in [6, 6.07) is 2.90. The molecule has 7 nitrogen and oxygen atoms in total. The Morgan fingerprint density at radius 3 is 3.00 bits per heavy atom. The maximum Gasteiger partial charge on any atom is 0.301 e. The van der Waals surface area contributed by atoms with Gasteiger partial charge in [-0.2, -0.15) is 0 Å². The topological polar surface area (TPSA) is 112 Å². The summed E-state index contributed by atoms with van der Waals surface area (Å²) >= 11 is 2.40. The third-order valence-electron chi connectivity index (χ3n) is 2.34. The van der Waals surface area contributed by atoms with Crippen LogP contribution in [0.2, 0.25) is 0 Å². The Balaban J connectivity index is 2.27. The third-order valence-corrected chi connectivity index (χ3v) is 4.57. The van der Waals surface area contributed by atoms with E-state index < -0.39 is 10.8 Å². The first-order valence-electron chi connectivity index (χ1n) is 5.49. The molecule has 2 N–H and O–H groups in total. The molecule has 0 saturated heterocycles. The van der Waals surface area contributed by atoms with Gasteiger partial charge in [0.15, 0.2) is 9.37 Å². The van der Waals surface area contributed by atoms with Crippen LogP contribution in [0.1, 0.15) is 10.6 Å². The number of nitrogens with two attached hydrogens (primary N) is 1. The van der Waals surface area contributed by atoms with Gasteiger partial charge in [0.1, 0.15) is 0 Å². The largest absolute Gasteiger partial charge is 0.369 e. The molecule has 0 fully saturated rings. The summed E-state index contributed by atoms with van der Waals surface area (Å²) in [6.07, 6.45) is 1.61. The molecule has 0 aliphatic heterocycles. The number of rotatable bonds is 5. The van der Waals surface area contributed by atoms with Crippen molar-refractivity contribution >= 4 is 34.7 Å². The van der Waals surface area contributed by atoms with E-state index in [9.17, 15) is 14.9 Å². The smallest absolute Gasteiger partial charge is 0.301 e. The molecule has 0 saturated carbocycles. The number of carbonyl (C=O) groups excluding carboxylic acids is 1. The lowest BCUT2D eigenvalue weighted by Gasteiger charge is -1.97. The maximum atomic E-state index is 10.9. The molecule has 0 aromatic carbocycles. The van der Waals surface area contributed by atoms with E-state index in [4.69, 9.17) is 5.73 Å². The van der Waals surface area contributed by atoms with Crippen molar-refractivity contribution in [1.29, 1.82) is 0 Å². The number of amides is 1. The monoisotopic (exact) mass is 310 g/mol. The molecule has 2 aromatic rings. The van der Waals surface area contributed by atoms with Crippen molar-refractivity contribution in [3.05, 3.63) is 39.0 Å². The first-order chi connectivity index (χ1) is 9.47. The Bertz CT molecular complexity index is 671. The van der Waals surface area contributed by atoms with Crippen LogP contribution in [-0.4, -0.2) is 20.8 Å². The van der Waals surface area contributed by atoms with Gasteiger partial charge in [-0.1, -0.05) is 0 Å². The minimum Gasteiger partial charge on any atom is -0.369 e. The van der Waals surface area contributed by atoms with Crippen LogP contribution in [0, 0.1) is 17.0 Å². The summed E-state index contributed by atoms with van der Waals surface area (Å²) in [5.74, 6) is -0.433. The van der Waals surface area contributed by atoms with Crippen molar-refractivity contribution < 1.29 is 9.72 Å². The number of aryl methyl sites for hydroxylation is 1. The van der Waals surface area contributed by atoms with Gasteiger partial charge in [-0.25, -0.2) is 9.97 Å². The van der Waals surface area contributed by atoms with Crippen molar-refractivity contribution in [2.45, 2.75) is 22.7 Å². The highest BCUT2D eigenvalue weighted by Crippen LogP contribution is 2.36. The van der Waals surface area contributed by atoms with Crippen molar-refractivity contribution in [1.82, 2.24) is 9.97 Å². The molecule has 0 bridgehead atoms. The van der Waals surface area contributed by atoms with E-state index in [1.54, 1.807) is 6.92 Å². The minimum absolute atomic E-state index is 0.0678. The Labute approximate surface area is 122 Å². The van der Waals surface area contributed by atoms with Gasteiger partial charge in [0.05, 0.1) is 17.0 Å². The molecular weight excluding hydrogens is 300 g/mol. The molecule has 9 heteroatoms. The second-order valence-corrected chi connectivity index (χ2v) is 6.14. The summed E-state index contributed by atoms with van der Waals surface area (Å²) in [5, 5.41) is 11.2. The van der Waals surface area contributed by atoms with Crippen LogP contribution >= 0.6 is 23.1 Å². The SMILES string of the molecule is Cc1nc(Sc2ncccc2[N+](=O)[O-])sc1CC(N)=O. The summed E-state index contributed by atoms with van der Waals surface area (Å²) < 4.78 is 0.598. The molecule has 1 amide bonds. The zero-order chi connectivity index (χ0) is 14.7. The number of carbonyl (C=O) groups is 1. The van der Waals surface area contributed by atoms with Gasteiger partial charge in [0, 0.05) is 17.1 Å². The predicted octanol–water partition coefficient (Wildman–Crippen LogP) is 1.93. The fourth-order valence-corrected chi connectivity index (χ4v) is 3.66. The third kappa shape index (κ3) is 3.31. The van der Waals surface area contributed by atoms with Gasteiger partial charge in [0.25, 0.3) is 0 Å². The molecule has 0 unspecified atom stereocenters. The van der Waals surface area contributed by atoms with Crippen molar-refractivity contribution in [2.75, 3.05) is 0 Å². The number of pyridine rings is 1. The zero-order valence-electron chi connectivity index (χ0n) is 10.4. The van der Waals surface area contributed by atoms with Crippen molar-refractivity contribution in [3.63, 3.8) is 0 Å². The molecular formula is C11H10N4O3S2. The molecule has 20 heavy (non-hydrogen) atoms. The van der Waals surface area contributed by atoms with Crippen molar-refractivity contribution in [2.24, 2.45) is 5.73 Å². The Morgan fingerprint density at radius 1 is 1.60 bits per heavy atom. The fourth-order valence-electron chi connectivity index (χ4n) is 1.45. The number of thiazole rings is 1. The lowest BCUT2D eigenvalue weighted by atomic mass is 10.3. The lowest BCUT2D eigenvalue weighted by molar-refractivity contribution is -0.388. The first kappa shape index (κ1) is 14.4. The summed E-state index contributed by atoms with van der Waals surface area (Å²) in [5.41, 5.74) is 5.79. The highest BCUT2D eigenvalue weighted by Gasteiger charge is 2.18. The number of nitro groups is 1. The number of hydrogen-bond donors (Lipinski definition) is 1. The van der Waals surface area contributed by atoms with E-state index in [0.29, 0.717) is 10.0 Å². The minimum atomic E-state index is -0.486. The van der Waals surface area contributed by atoms with Crippen LogP contribution < -0.4 is 5.73 Å². The van der Waals surface area contributed by atoms with Gasteiger partial charge in [0.2, 0.25) is 5.91 Å². The average molecular weight is 310 g/mol. The highest BCUT2D eigenvalue weighted by atomic mass is 32.2. The van der Waals surface area contributed by atoms with E-state index in [1.165, 1.54) is 29.7 Å². The van der Waals surface area contributed by atoms with Crippen LogP contribution in [-0.2, 0) is 11.2 Å². The zero-order valence-corrected chi connectivity index (χ0v) is 12.0. The van der Waals surface area contributed by atoms with Gasteiger partial charge < -0.3 is 5.73 Å². The summed E-state index contributed by atoms with van der Waals surface area (Å²) in [4.78, 5) is 30.4. The molecule has 2 aromatic heterocycles. The van der Waals surface area contributed by atoms with Gasteiger partial charge in [-0.3, -0.25) is 14.9 Å². The standard InChI is InChI=1S/C11H10N4O3S2/c1-6-8(5-9(12)16)19-11(14-6)20-10-7(15(17)18)3-2-4-13-10/h2-4H,5H2,1H3,(H2,12,16). The Morgan fingerprint density at radius 2 is 2.35 bits per heavy atom. The first-order valence-corrected chi connectivity index (χ1v) is 7.12. The lowest BCUT2D eigenvalue weighted by Crippen LogP contribution is -2.13. The van der Waals surface area contributed by atoms with Crippen LogP contribution in [0.5, 0.6) is 0 Å². The van der Waals surface area contributed by atoms with Crippen molar-refractivity contribution in [3.8, 4) is 0 Å². The molecule has 2 heterocycles. The van der Waals surface area contributed by atoms with E-state index in [-0.39, 0.29) is 17.1 Å². The van der Waals surface area contributed by atoms with Gasteiger partial charge in [-0.05, 0) is 24.8 Å². The fraction of sp³-hybridized carbons (Fsp3) is 0.182. The molecule has 0 atom stereocenters. The summed E-state index contributed by atoms with van der Waals surface area (Å²) in [7, 11) is 0. The van der Waals surface area contributed by atoms with E-state index in [2.05, 4.69) is 9.97 Å². The van der Waals surface area contributed by atoms with Gasteiger partial charge >= 0.3 is 5.69 Å². The number of hydrogen-bond acceptors (Lipinski definition) is 7. The molecule has 0 aliphatic rings. The molecule has 0 radical (unpaired) electrons. The second-order valence-electron chi connectivity index (χ2n) is 3.82.